The molecular formula is C13H11Cl2NO4. The van der Waals surface area contributed by atoms with Crippen molar-refractivity contribution in [2.75, 3.05) is 0 Å². The minimum Gasteiger partial charge on any atom is -0.869 e. The molecule has 0 spiro atoms. The third kappa shape index (κ3) is 3.59. The minimum atomic E-state index is -1.19. The standard InChI is InChI=1S/C7H9N.C6H2Cl2O4/c1-6-4-3-5-7(2)8-6;7-1-3(9)5(11)2(8)6(12)4(1)10/h3-5H,1-2H3;9,12H. The van der Waals surface area contributed by atoms with E-state index in [9.17, 15) is 14.7 Å². The van der Waals surface area contributed by atoms with Crippen molar-refractivity contribution in [1.29, 1.82) is 0 Å². The number of halogens is 2. The molecular weight excluding hydrogens is 305 g/mol. The monoisotopic (exact) mass is 315 g/mol. The van der Waals surface area contributed by atoms with Crippen LogP contribution in [0.3, 0.4) is 0 Å². The molecule has 0 fully saturated rings. The van der Waals surface area contributed by atoms with Crippen molar-refractivity contribution >= 4 is 34.8 Å². The van der Waals surface area contributed by atoms with Crippen LogP contribution in [-0.4, -0.2) is 16.7 Å². The lowest BCUT2D eigenvalue weighted by molar-refractivity contribution is -0.396. The van der Waals surface area contributed by atoms with Crippen molar-refractivity contribution in [1.82, 2.24) is 0 Å². The Kier molecular flexibility index (Phi) is 5.30. The van der Waals surface area contributed by atoms with Crippen LogP contribution >= 0.6 is 23.2 Å². The van der Waals surface area contributed by atoms with Gasteiger partial charge >= 0.3 is 0 Å². The van der Waals surface area contributed by atoms with E-state index in [1.165, 1.54) is 11.4 Å². The maximum absolute atomic E-state index is 10.8. The first-order chi connectivity index (χ1) is 9.25. The summed E-state index contributed by atoms with van der Waals surface area (Å²) in [6.07, 6.45) is 0. The minimum absolute atomic E-state index is 0.783. The molecule has 0 saturated heterocycles. The fourth-order valence-corrected chi connectivity index (χ4v) is 1.69. The van der Waals surface area contributed by atoms with E-state index in [0.29, 0.717) is 0 Å². The number of allylic oxidation sites excluding steroid dienone is 2. The lowest BCUT2D eigenvalue weighted by Gasteiger charge is -2.17. The number of aromatic amines is 1. The van der Waals surface area contributed by atoms with Crippen LogP contribution in [0.5, 0.6) is 0 Å². The number of Topliss-reactive ketones (excluding diaryl/α,β-unsaturated/α-hetero) is 2. The number of hydrogen-bond acceptors (Lipinski definition) is 4. The summed E-state index contributed by atoms with van der Waals surface area (Å²) in [5, 5.41) is 17.9. The maximum atomic E-state index is 10.8. The van der Waals surface area contributed by atoms with Gasteiger partial charge in [0.2, 0.25) is 5.78 Å². The summed E-state index contributed by atoms with van der Waals surface area (Å²) in [6, 6.07) is 6.14. The van der Waals surface area contributed by atoms with Gasteiger partial charge in [0.15, 0.2) is 22.9 Å². The highest BCUT2D eigenvalue weighted by Crippen LogP contribution is 2.24. The van der Waals surface area contributed by atoms with Crippen LogP contribution < -0.4 is 10.1 Å². The highest BCUT2D eigenvalue weighted by atomic mass is 35.5. The van der Waals surface area contributed by atoms with Crippen molar-refractivity contribution < 1.29 is 24.8 Å². The van der Waals surface area contributed by atoms with E-state index in [1.54, 1.807) is 0 Å². The number of carbonyl (C=O) groups excluding carboxylic acids is 2. The zero-order valence-corrected chi connectivity index (χ0v) is 12.2. The highest BCUT2D eigenvalue weighted by Gasteiger charge is 2.28. The molecule has 7 heteroatoms. The van der Waals surface area contributed by atoms with Gasteiger partial charge in [-0.15, -0.1) is 0 Å². The van der Waals surface area contributed by atoms with Crippen LogP contribution in [-0.2, 0) is 9.59 Å². The molecule has 0 aliphatic heterocycles. The number of hydrogen-bond donors (Lipinski definition) is 1. The van der Waals surface area contributed by atoms with Gasteiger partial charge in [0, 0.05) is 26.0 Å². The molecule has 1 heterocycles. The van der Waals surface area contributed by atoms with Gasteiger partial charge in [-0.25, -0.2) is 4.98 Å². The third-order valence-electron chi connectivity index (χ3n) is 2.31. The highest BCUT2D eigenvalue weighted by molar-refractivity contribution is 6.55. The molecule has 0 saturated carbocycles. The summed E-state index contributed by atoms with van der Waals surface area (Å²) in [7, 11) is 0. The lowest BCUT2D eigenvalue weighted by atomic mass is 10.1. The Morgan fingerprint density at radius 1 is 1.05 bits per heavy atom. The van der Waals surface area contributed by atoms with Gasteiger partial charge in [-0.05, 0) is 11.8 Å². The molecule has 0 bridgehead atoms. The Balaban J connectivity index is 0.000000217. The summed E-state index contributed by atoms with van der Waals surface area (Å²) in [5.41, 5.74) is 2.43. The number of aromatic nitrogens is 1. The summed E-state index contributed by atoms with van der Waals surface area (Å²) >= 11 is 10.3. The first-order valence-corrected chi connectivity index (χ1v) is 6.21. The number of ketones is 2. The zero-order chi connectivity index (χ0) is 15.4. The molecule has 1 aliphatic carbocycles. The number of aliphatic hydroxyl groups excluding tert-OH is 1. The third-order valence-corrected chi connectivity index (χ3v) is 3.01. The molecule has 1 aromatic rings. The Labute approximate surface area is 125 Å². The van der Waals surface area contributed by atoms with Crippen LogP contribution in [0.25, 0.3) is 0 Å². The molecule has 1 aliphatic rings. The van der Waals surface area contributed by atoms with Crippen LogP contribution in [0.2, 0.25) is 0 Å². The van der Waals surface area contributed by atoms with Gasteiger partial charge in [0.25, 0.3) is 0 Å². The molecule has 5 nitrogen and oxygen atoms in total. The SMILES string of the molecule is Cc1cccc(C)[nH+]1.O=C1C(O)=C(Cl)C(=O)C([O-])=C1Cl. The Bertz CT molecular complexity index is 556. The molecule has 2 N–H and O–H groups in total. The largest absolute Gasteiger partial charge is 0.869 e. The predicted molar refractivity (Wildman–Crippen MR) is 70.9 cm³/mol. The number of pyridine rings is 1. The normalized spacial score (nSPS) is 15.2. The molecule has 0 amide bonds. The van der Waals surface area contributed by atoms with Gasteiger partial charge in [-0.1, -0.05) is 23.2 Å². The molecule has 106 valence electrons. The Hall–Kier alpha value is -1.85. The van der Waals surface area contributed by atoms with Crippen molar-refractivity contribution in [2.45, 2.75) is 13.8 Å². The van der Waals surface area contributed by atoms with Crippen molar-refractivity contribution in [3.8, 4) is 0 Å². The van der Waals surface area contributed by atoms with E-state index >= 15 is 0 Å². The second-order valence-electron chi connectivity index (χ2n) is 3.98. The van der Waals surface area contributed by atoms with E-state index in [0.717, 1.165) is 0 Å². The molecule has 1 aromatic heterocycles. The first-order valence-electron chi connectivity index (χ1n) is 5.46. The topological polar surface area (TPSA) is 91.6 Å². The fraction of sp³-hybridized carbons (Fsp3) is 0.154. The van der Waals surface area contributed by atoms with Crippen LogP contribution in [0.4, 0.5) is 0 Å². The van der Waals surface area contributed by atoms with Crippen molar-refractivity contribution in [3.05, 3.63) is 51.2 Å². The van der Waals surface area contributed by atoms with Crippen LogP contribution in [0, 0.1) is 13.8 Å². The predicted octanol–water partition coefficient (Wildman–Crippen LogP) is 1.07. The number of nitrogens with one attached hydrogen (secondary N) is 1. The number of aryl methyl sites for hydroxylation is 2. The summed E-state index contributed by atoms with van der Waals surface area (Å²) in [5.74, 6) is -4.46. The summed E-state index contributed by atoms with van der Waals surface area (Å²) < 4.78 is 0. The van der Waals surface area contributed by atoms with Crippen molar-refractivity contribution in [3.63, 3.8) is 0 Å². The lowest BCUT2D eigenvalue weighted by Crippen LogP contribution is -2.26. The van der Waals surface area contributed by atoms with E-state index in [2.05, 4.69) is 4.98 Å². The quantitative estimate of drug-likeness (QED) is 0.725. The average Bonchev–Trinajstić information content (AvgIpc) is 2.41. The fourth-order valence-electron chi connectivity index (χ4n) is 1.34. The Morgan fingerprint density at radius 3 is 1.95 bits per heavy atom. The number of aliphatic hydroxyl groups is 1. The number of H-pyrrole nitrogens is 1. The smallest absolute Gasteiger partial charge is 0.239 e. The first kappa shape index (κ1) is 16.2. The second kappa shape index (κ2) is 6.54. The van der Waals surface area contributed by atoms with E-state index in [-0.39, 0.29) is 0 Å². The van der Waals surface area contributed by atoms with Gasteiger partial charge < -0.3 is 10.2 Å². The maximum Gasteiger partial charge on any atom is 0.239 e. The molecule has 0 aromatic carbocycles. The molecule has 0 atom stereocenters. The van der Waals surface area contributed by atoms with Gasteiger partial charge in [-0.2, -0.15) is 0 Å². The van der Waals surface area contributed by atoms with Gasteiger partial charge in [0.1, 0.15) is 5.03 Å². The second-order valence-corrected chi connectivity index (χ2v) is 4.74. The molecule has 20 heavy (non-hydrogen) atoms. The zero-order valence-electron chi connectivity index (χ0n) is 10.7. The number of rotatable bonds is 0. The molecule has 2 rings (SSSR count). The Morgan fingerprint density at radius 2 is 1.55 bits per heavy atom. The van der Waals surface area contributed by atoms with Gasteiger partial charge in [-0.3, -0.25) is 9.59 Å². The average molecular weight is 316 g/mol. The summed E-state index contributed by atoms with van der Waals surface area (Å²) in [6.45, 7) is 4.10. The van der Waals surface area contributed by atoms with E-state index in [1.807, 2.05) is 32.0 Å². The summed E-state index contributed by atoms with van der Waals surface area (Å²) in [4.78, 5) is 24.7. The van der Waals surface area contributed by atoms with E-state index < -0.39 is 33.1 Å². The molecule has 0 radical (unpaired) electrons. The van der Waals surface area contributed by atoms with Crippen molar-refractivity contribution in [2.24, 2.45) is 0 Å². The van der Waals surface area contributed by atoms with Crippen LogP contribution in [0.15, 0.2) is 39.8 Å². The van der Waals surface area contributed by atoms with Crippen LogP contribution in [0.1, 0.15) is 11.4 Å². The number of carbonyl (C=O) groups is 2. The van der Waals surface area contributed by atoms with E-state index in [4.69, 9.17) is 28.3 Å². The van der Waals surface area contributed by atoms with Gasteiger partial charge in [0.05, 0.1) is 5.03 Å². The molecule has 0 unspecified atom stereocenters.